The first-order chi connectivity index (χ1) is 9.28. The summed E-state index contributed by atoms with van der Waals surface area (Å²) in [4.78, 5) is 4.08. The number of ether oxygens (including phenoxy) is 1. The van der Waals surface area contributed by atoms with Gasteiger partial charge in [-0.3, -0.25) is 4.98 Å². The summed E-state index contributed by atoms with van der Waals surface area (Å²) in [5.41, 5.74) is 3.80. The first kappa shape index (κ1) is 12.2. The Morgan fingerprint density at radius 1 is 1.21 bits per heavy atom. The molecular formula is C16H18N2O. The number of nitrogens with zero attached hydrogens (tertiary/aromatic N) is 1. The Labute approximate surface area is 113 Å². The molecule has 1 aromatic heterocycles. The molecule has 2 heterocycles. The lowest BCUT2D eigenvalue weighted by Gasteiger charge is -2.17. The van der Waals surface area contributed by atoms with E-state index in [1.165, 1.54) is 16.7 Å². The third kappa shape index (κ3) is 2.34. The summed E-state index contributed by atoms with van der Waals surface area (Å²) in [7, 11) is 1.98. The Kier molecular flexibility index (Phi) is 3.22. The number of nitrogens with one attached hydrogen (secondary N) is 1. The zero-order valence-corrected chi connectivity index (χ0v) is 11.3. The Morgan fingerprint density at radius 2 is 2.00 bits per heavy atom. The van der Waals surface area contributed by atoms with Crippen molar-refractivity contribution in [1.82, 2.24) is 10.3 Å². The van der Waals surface area contributed by atoms with E-state index in [-0.39, 0.29) is 6.04 Å². The van der Waals surface area contributed by atoms with Crippen LogP contribution in [0.3, 0.4) is 0 Å². The summed E-state index contributed by atoms with van der Waals surface area (Å²) in [6.07, 6.45) is 4.95. The first-order valence-electron chi connectivity index (χ1n) is 6.64. The van der Waals surface area contributed by atoms with Crippen molar-refractivity contribution in [2.24, 2.45) is 0 Å². The third-order valence-electron chi connectivity index (χ3n) is 3.58. The van der Waals surface area contributed by atoms with Crippen LogP contribution < -0.4 is 10.1 Å². The zero-order valence-electron chi connectivity index (χ0n) is 11.3. The second-order valence-electron chi connectivity index (χ2n) is 5.00. The van der Waals surface area contributed by atoms with Gasteiger partial charge in [-0.05, 0) is 48.9 Å². The minimum absolute atomic E-state index is 0.198. The predicted molar refractivity (Wildman–Crippen MR) is 75.4 cm³/mol. The van der Waals surface area contributed by atoms with E-state index in [1.54, 1.807) is 0 Å². The van der Waals surface area contributed by atoms with Gasteiger partial charge in [-0.15, -0.1) is 0 Å². The van der Waals surface area contributed by atoms with Crippen molar-refractivity contribution >= 4 is 0 Å². The van der Waals surface area contributed by atoms with Gasteiger partial charge in [-0.1, -0.05) is 12.1 Å². The molecule has 0 amide bonds. The Balaban J connectivity index is 1.95. The first-order valence-corrected chi connectivity index (χ1v) is 6.64. The van der Waals surface area contributed by atoms with Gasteiger partial charge in [0.2, 0.25) is 0 Å². The smallest absolute Gasteiger partial charge is 0.123 e. The topological polar surface area (TPSA) is 34.2 Å². The number of hydrogen-bond donors (Lipinski definition) is 1. The highest BCUT2D eigenvalue weighted by atomic mass is 16.5. The van der Waals surface area contributed by atoms with Crippen LogP contribution in [-0.4, -0.2) is 18.1 Å². The van der Waals surface area contributed by atoms with E-state index in [0.717, 1.165) is 12.2 Å². The number of pyridine rings is 1. The molecule has 3 rings (SSSR count). The standard InChI is InChI=1S/C16H18N2O/c1-11-9-14-10-13(3-4-15(14)19-11)16(17-2)12-5-7-18-8-6-12/h3-8,10-11,16-17H,9H2,1-2H3. The lowest BCUT2D eigenvalue weighted by molar-refractivity contribution is 0.254. The van der Waals surface area contributed by atoms with Gasteiger partial charge in [0.15, 0.2) is 0 Å². The summed E-state index contributed by atoms with van der Waals surface area (Å²) in [5, 5.41) is 3.37. The maximum atomic E-state index is 5.75. The lowest BCUT2D eigenvalue weighted by atomic mass is 9.97. The Hall–Kier alpha value is -1.87. The fourth-order valence-electron chi connectivity index (χ4n) is 2.70. The molecule has 19 heavy (non-hydrogen) atoms. The summed E-state index contributed by atoms with van der Waals surface area (Å²) in [6.45, 7) is 2.11. The molecule has 0 radical (unpaired) electrons. The number of fused-ring (bicyclic) bond motifs is 1. The largest absolute Gasteiger partial charge is 0.490 e. The van der Waals surface area contributed by atoms with Crippen LogP contribution in [0.1, 0.15) is 29.7 Å². The van der Waals surface area contributed by atoms with Gasteiger partial charge in [0.05, 0.1) is 6.04 Å². The molecule has 3 nitrogen and oxygen atoms in total. The second kappa shape index (κ2) is 5.02. The van der Waals surface area contributed by atoms with Gasteiger partial charge in [-0.25, -0.2) is 0 Å². The fourth-order valence-corrected chi connectivity index (χ4v) is 2.70. The molecule has 0 bridgehead atoms. The van der Waals surface area contributed by atoms with Crippen LogP contribution in [0.5, 0.6) is 5.75 Å². The van der Waals surface area contributed by atoms with Crippen LogP contribution >= 0.6 is 0 Å². The van der Waals surface area contributed by atoms with Crippen LogP contribution in [0.4, 0.5) is 0 Å². The molecule has 2 aromatic rings. The molecule has 0 fully saturated rings. The molecule has 0 spiro atoms. The van der Waals surface area contributed by atoms with Crippen LogP contribution in [0.2, 0.25) is 0 Å². The molecule has 1 N–H and O–H groups in total. The van der Waals surface area contributed by atoms with Crippen molar-refractivity contribution < 1.29 is 4.74 Å². The Bertz CT molecular complexity index is 568. The minimum Gasteiger partial charge on any atom is -0.490 e. The highest BCUT2D eigenvalue weighted by molar-refractivity contribution is 5.43. The van der Waals surface area contributed by atoms with Crippen LogP contribution in [0, 0.1) is 0 Å². The van der Waals surface area contributed by atoms with Crippen molar-refractivity contribution in [3.63, 3.8) is 0 Å². The SMILES string of the molecule is CNC(c1ccncc1)c1ccc2c(c1)CC(C)O2. The van der Waals surface area contributed by atoms with Gasteiger partial charge in [-0.2, -0.15) is 0 Å². The van der Waals surface area contributed by atoms with Crippen molar-refractivity contribution in [2.75, 3.05) is 7.05 Å². The summed E-state index contributed by atoms with van der Waals surface area (Å²) in [6, 6.07) is 10.8. The fraction of sp³-hybridized carbons (Fsp3) is 0.312. The van der Waals surface area contributed by atoms with E-state index in [1.807, 2.05) is 31.6 Å². The van der Waals surface area contributed by atoms with E-state index >= 15 is 0 Å². The lowest BCUT2D eigenvalue weighted by Crippen LogP contribution is -2.17. The van der Waals surface area contributed by atoms with Gasteiger partial charge in [0.25, 0.3) is 0 Å². The van der Waals surface area contributed by atoms with Gasteiger partial charge in [0, 0.05) is 18.8 Å². The Morgan fingerprint density at radius 3 is 2.74 bits per heavy atom. The number of hydrogen-bond acceptors (Lipinski definition) is 3. The molecule has 98 valence electrons. The molecule has 1 aliphatic rings. The predicted octanol–water partition coefficient (Wildman–Crippen LogP) is 2.71. The van der Waals surface area contributed by atoms with Crippen molar-refractivity contribution in [2.45, 2.75) is 25.5 Å². The van der Waals surface area contributed by atoms with Crippen LogP contribution in [0.25, 0.3) is 0 Å². The average Bonchev–Trinajstić information content (AvgIpc) is 2.80. The van der Waals surface area contributed by atoms with Crippen molar-refractivity contribution in [3.05, 3.63) is 59.4 Å². The highest BCUT2D eigenvalue weighted by Gasteiger charge is 2.21. The van der Waals surface area contributed by atoms with E-state index < -0.39 is 0 Å². The number of rotatable bonds is 3. The molecule has 0 aliphatic carbocycles. The molecule has 2 atom stereocenters. The minimum atomic E-state index is 0.198. The van der Waals surface area contributed by atoms with E-state index in [4.69, 9.17) is 4.74 Å². The normalized spacial score (nSPS) is 18.7. The van der Waals surface area contributed by atoms with Crippen LogP contribution in [-0.2, 0) is 6.42 Å². The summed E-state index contributed by atoms with van der Waals surface area (Å²) >= 11 is 0. The zero-order chi connectivity index (χ0) is 13.2. The maximum Gasteiger partial charge on any atom is 0.123 e. The molecule has 0 saturated heterocycles. The van der Waals surface area contributed by atoms with E-state index in [0.29, 0.717) is 6.10 Å². The van der Waals surface area contributed by atoms with Crippen molar-refractivity contribution in [3.8, 4) is 5.75 Å². The second-order valence-corrected chi connectivity index (χ2v) is 5.00. The molecule has 1 aromatic carbocycles. The average molecular weight is 254 g/mol. The van der Waals surface area contributed by atoms with Gasteiger partial charge in [0.1, 0.15) is 11.9 Å². The monoisotopic (exact) mass is 254 g/mol. The molecular weight excluding hydrogens is 236 g/mol. The molecule has 3 heteroatoms. The molecule has 1 aliphatic heterocycles. The van der Waals surface area contributed by atoms with E-state index in [2.05, 4.69) is 35.4 Å². The van der Waals surface area contributed by atoms with Gasteiger partial charge < -0.3 is 10.1 Å². The van der Waals surface area contributed by atoms with Gasteiger partial charge >= 0.3 is 0 Å². The number of aromatic nitrogens is 1. The molecule has 2 unspecified atom stereocenters. The summed E-state index contributed by atoms with van der Waals surface area (Å²) < 4.78 is 5.75. The highest BCUT2D eigenvalue weighted by Crippen LogP contribution is 2.32. The van der Waals surface area contributed by atoms with E-state index in [9.17, 15) is 0 Å². The number of benzene rings is 1. The molecule has 0 saturated carbocycles. The third-order valence-corrected chi connectivity index (χ3v) is 3.58. The quantitative estimate of drug-likeness (QED) is 0.914. The van der Waals surface area contributed by atoms with Crippen molar-refractivity contribution in [1.29, 1.82) is 0 Å². The summed E-state index contributed by atoms with van der Waals surface area (Å²) in [5.74, 6) is 1.03. The van der Waals surface area contributed by atoms with Crippen LogP contribution in [0.15, 0.2) is 42.7 Å². The maximum absolute atomic E-state index is 5.75.